The highest BCUT2D eigenvalue weighted by molar-refractivity contribution is 8.21. The minimum atomic E-state index is 0.858. The summed E-state index contributed by atoms with van der Waals surface area (Å²) in [5, 5.41) is 0.858. The molecule has 0 saturated carbocycles. The van der Waals surface area contributed by atoms with Crippen molar-refractivity contribution in [2.75, 3.05) is 0 Å². The van der Waals surface area contributed by atoms with Gasteiger partial charge in [0.2, 0.25) is 0 Å². The number of halogens is 1. The molecule has 1 heterocycles. The van der Waals surface area contributed by atoms with Crippen LogP contribution in [0.1, 0.15) is 5.56 Å². The fraction of sp³-hybridized carbons (Fsp3) is 0.167. The van der Waals surface area contributed by atoms with E-state index in [0.29, 0.717) is 0 Å². The van der Waals surface area contributed by atoms with Gasteiger partial charge in [-0.3, -0.25) is 0 Å². The second kappa shape index (κ2) is 3.08. The van der Waals surface area contributed by atoms with Gasteiger partial charge in [-0.1, -0.05) is 0 Å². The van der Waals surface area contributed by atoms with E-state index in [-0.39, 0.29) is 0 Å². The van der Waals surface area contributed by atoms with Crippen LogP contribution < -0.4 is 0 Å². The molecule has 1 rings (SSSR count). The average molecular weight is 160 g/mol. The molecule has 0 spiro atoms. The molecule has 0 N–H and O–H groups in total. The maximum atomic E-state index is 5.45. The molecular formula is C6H6ClNS. The molecule has 0 aliphatic rings. The third kappa shape index (κ3) is 1.88. The van der Waals surface area contributed by atoms with Crippen LogP contribution in [0.25, 0.3) is 0 Å². The van der Waals surface area contributed by atoms with E-state index < -0.39 is 0 Å². The van der Waals surface area contributed by atoms with Gasteiger partial charge in [-0.15, -0.1) is 0 Å². The molecule has 0 saturated heterocycles. The third-order valence-electron chi connectivity index (χ3n) is 0.969. The van der Waals surface area contributed by atoms with Crippen LogP contribution in [0.5, 0.6) is 0 Å². The number of pyridine rings is 1. The number of aromatic nitrogens is 1. The highest BCUT2D eigenvalue weighted by Crippen LogP contribution is 2.18. The van der Waals surface area contributed by atoms with E-state index in [1.807, 2.05) is 19.1 Å². The monoisotopic (exact) mass is 159 g/mol. The SMILES string of the molecule is Cc1ccnc(SCl)c1. The molecule has 0 aliphatic carbocycles. The topological polar surface area (TPSA) is 12.9 Å². The third-order valence-corrected chi connectivity index (χ3v) is 1.83. The van der Waals surface area contributed by atoms with Crippen LogP contribution in [0.4, 0.5) is 0 Å². The van der Waals surface area contributed by atoms with Gasteiger partial charge in [-0.2, -0.15) is 0 Å². The summed E-state index contributed by atoms with van der Waals surface area (Å²) in [4.78, 5) is 3.99. The Hall–Kier alpha value is -0.210. The Labute approximate surface area is 62.9 Å². The first kappa shape index (κ1) is 6.90. The van der Waals surface area contributed by atoms with E-state index in [1.165, 1.54) is 5.56 Å². The normalized spacial score (nSPS) is 9.56. The molecule has 48 valence electrons. The van der Waals surface area contributed by atoms with Crippen LogP contribution in [0.3, 0.4) is 0 Å². The first-order valence-corrected chi connectivity index (χ1v) is 4.18. The van der Waals surface area contributed by atoms with Crippen molar-refractivity contribution in [2.24, 2.45) is 0 Å². The second-order valence-electron chi connectivity index (χ2n) is 1.75. The summed E-state index contributed by atoms with van der Waals surface area (Å²) in [6.07, 6.45) is 1.75. The van der Waals surface area contributed by atoms with Crippen LogP contribution in [-0.2, 0) is 0 Å². The standard InChI is InChI=1S/C6H6ClNS/c1-5-2-3-8-6(4-5)9-7/h2-4H,1H3. The molecule has 1 aromatic heterocycles. The number of rotatable bonds is 1. The van der Waals surface area contributed by atoms with Crippen LogP contribution in [0.15, 0.2) is 23.4 Å². The molecule has 0 aromatic carbocycles. The molecule has 0 aliphatic heterocycles. The molecule has 1 nitrogen and oxygen atoms in total. The van der Waals surface area contributed by atoms with Crippen LogP contribution in [0.2, 0.25) is 0 Å². The van der Waals surface area contributed by atoms with Gasteiger partial charge in [0.15, 0.2) is 0 Å². The van der Waals surface area contributed by atoms with E-state index in [1.54, 1.807) is 6.20 Å². The van der Waals surface area contributed by atoms with Crippen molar-refractivity contribution in [1.82, 2.24) is 4.98 Å². The molecule has 0 atom stereocenters. The van der Waals surface area contributed by atoms with Crippen molar-refractivity contribution in [1.29, 1.82) is 0 Å². The van der Waals surface area contributed by atoms with Crippen molar-refractivity contribution in [3.8, 4) is 0 Å². The quantitative estimate of drug-likeness (QED) is 0.625. The Morgan fingerprint density at radius 1 is 1.67 bits per heavy atom. The summed E-state index contributed by atoms with van der Waals surface area (Å²) in [5.74, 6) is 0. The molecule has 3 heteroatoms. The van der Waals surface area contributed by atoms with Crippen LogP contribution in [0, 0.1) is 6.92 Å². The fourth-order valence-electron chi connectivity index (χ4n) is 0.551. The Morgan fingerprint density at radius 3 is 2.89 bits per heavy atom. The Bertz CT molecular complexity index is 202. The van der Waals surface area contributed by atoms with Crippen molar-refractivity contribution in [3.05, 3.63) is 23.9 Å². The van der Waals surface area contributed by atoms with Gasteiger partial charge in [0.1, 0.15) is 5.03 Å². The molecule has 0 radical (unpaired) electrons. The van der Waals surface area contributed by atoms with Gasteiger partial charge in [0.05, 0.1) is 0 Å². The van der Waals surface area contributed by atoms with Crippen molar-refractivity contribution in [2.45, 2.75) is 11.9 Å². The first-order chi connectivity index (χ1) is 4.33. The van der Waals surface area contributed by atoms with E-state index in [4.69, 9.17) is 10.7 Å². The Balaban J connectivity index is 2.94. The molecule has 0 bridgehead atoms. The lowest BCUT2D eigenvalue weighted by Gasteiger charge is -1.92. The smallest absolute Gasteiger partial charge is 0.112 e. The van der Waals surface area contributed by atoms with Crippen LogP contribution in [-0.4, -0.2) is 4.98 Å². The molecule has 0 amide bonds. The van der Waals surface area contributed by atoms with E-state index in [2.05, 4.69) is 4.98 Å². The zero-order valence-corrected chi connectivity index (χ0v) is 6.54. The minimum Gasteiger partial charge on any atom is -0.249 e. The van der Waals surface area contributed by atoms with Crippen molar-refractivity contribution < 1.29 is 0 Å². The average Bonchev–Trinajstić information content (AvgIpc) is 1.88. The lowest BCUT2D eigenvalue weighted by molar-refractivity contribution is 1.12. The summed E-state index contributed by atoms with van der Waals surface area (Å²) >= 11 is 0. The summed E-state index contributed by atoms with van der Waals surface area (Å²) in [5.41, 5.74) is 1.19. The van der Waals surface area contributed by atoms with Gasteiger partial charge in [0, 0.05) is 17.2 Å². The number of aryl methyl sites for hydroxylation is 1. The molecule has 0 unspecified atom stereocenters. The van der Waals surface area contributed by atoms with Gasteiger partial charge < -0.3 is 0 Å². The van der Waals surface area contributed by atoms with Crippen molar-refractivity contribution >= 4 is 21.7 Å². The molecular weight excluding hydrogens is 154 g/mol. The fourth-order valence-corrected chi connectivity index (χ4v) is 1.13. The molecule has 1 aromatic rings. The zero-order chi connectivity index (χ0) is 6.69. The maximum absolute atomic E-state index is 5.45. The Kier molecular flexibility index (Phi) is 2.37. The highest BCUT2D eigenvalue weighted by atomic mass is 35.7. The maximum Gasteiger partial charge on any atom is 0.112 e. The van der Waals surface area contributed by atoms with Gasteiger partial charge in [-0.25, -0.2) is 4.98 Å². The van der Waals surface area contributed by atoms with Gasteiger partial charge in [-0.05, 0) is 35.3 Å². The number of hydrogen-bond donors (Lipinski definition) is 0. The predicted molar refractivity (Wildman–Crippen MR) is 40.7 cm³/mol. The lowest BCUT2D eigenvalue weighted by atomic mass is 10.3. The van der Waals surface area contributed by atoms with Crippen molar-refractivity contribution in [3.63, 3.8) is 0 Å². The zero-order valence-electron chi connectivity index (χ0n) is 4.97. The first-order valence-electron chi connectivity index (χ1n) is 2.54. The second-order valence-corrected chi connectivity index (χ2v) is 2.78. The molecule has 0 fully saturated rings. The number of nitrogens with zero attached hydrogens (tertiary/aromatic N) is 1. The number of hydrogen-bond acceptors (Lipinski definition) is 2. The van der Waals surface area contributed by atoms with Crippen LogP contribution >= 0.6 is 21.7 Å². The summed E-state index contributed by atoms with van der Waals surface area (Å²) < 4.78 is 0. The Morgan fingerprint density at radius 2 is 2.44 bits per heavy atom. The molecule has 9 heavy (non-hydrogen) atoms. The predicted octanol–water partition coefficient (Wildman–Crippen LogP) is 2.64. The summed E-state index contributed by atoms with van der Waals surface area (Å²) in [6.45, 7) is 2.01. The lowest BCUT2D eigenvalue weighted by Crippen LogP contribution is -1.76. The highest BCUT2D eigenvalue weighted by Gasteiger charge is 1.89. The van der Waals surface area contributed by atoms with E-state index in [9.17, 15) is 0 Å². The summed E-state index contributed by atoms with van der Waals surface area (Å²) in [7, 11) is 6.60. The minimum absolute atomic E-state index is 0.858. The van der Waals surface area contributed by atoms with Gasteiger partial charge in [0.25, 0.3) is 0 Å². The van der Waals surface area contributed by atoms with E-state index >= 15 is 0 Å². The van der Waals surface area contributed by atoms with E-state index in [0.717, 1.165) is 16.0 Å². The van der Waals surface area contributed by atoms with Gasteiger partial charge >= 0.3 is 0 Å². The summed E-state index contributed by atoms with van der Waals surface area (Å²) in [6, 6.07) is 3.88. The largest absolute Gasteiger partial charge is 0.249 e.